The van der Waals surface area contributed by atoms with Crippen LogP contribution < -0.4 is 0 Å². The zero-order valence-corrected chi connectivity index (χ0v) is 12.0. The van der Waals surface area contributed by atoms with Crippen LogP contribution in [0.15, 0.2) is 16.8 Å². The van der Waals surface area contributed by atoms with Gasteiger partial charge in [0.25, 0.3) is 0 Å². The SMILES string of the molecule is COC(=O)C1=C[C@@H](N=[N+]=[N-])[C@@H]2OC3(CCCCC3)O[C@@H]2C1. The Morgan fingerprint density at radius 1 is 1.43 bits per heavy atom. The van der Waals surface area contributed by atoms with E-state index in [0.717, 1.165) is 25.7 Å². The van der Waals surface area contributed by atoms with Crippen LogP contribution in [-0.4, -0.2) is 37.1 Å². The van der Waals surface area contributed by atoms with E-state index in [1.54, 1.807) is 6.08 Å². The number of ether oxygens (including phenoxy) is 3. The van der Waals surface area contributed by atoms with Crippen molar-refractivity contribution >= 4 is 5.97 Å². The highest BCUT2D eigenvalue weighted by Gasteiger charge is 2.52. The van der Waals surface area contributed by atoms with Gasteiger partial charge in [0, 0.05) is 29.7 Å². The molecule has 0 aromatic heterocycles. The van der Waals surface area contributed by atoms with E-state index in [4.69, 9.17) is 19.7 Å². The molecular weight excluding hydrogens is 274 g/mol. The van der Waals surface area contributed by atoms with Crippen LogP contribution in [0.1, 0.15) is 38.5 Å². The molecule has 114 valence electrons. The molecule has 3 aliphatic rings. The van der Waals surface area contributed by atoms with Crippen molar-refractivity contribution in [3.63, 3.8) is 0 Å². The first kappa shape index (κ1) is 14.4. The first-order valence-corrected chi connectivity index (χ1v) is 7.36. The van der Waals surface area contributed by atoms with Crippen molar-refractivity contribution in [1.29, 1.82) is 0 Å². The highest BCUT2D eigenvalue weighted by Crippen LogP contribution is 2.45. The van der Waals surface area contributed by atoms with Crippen LogP contribution in [0.2, 0.25) is 0 Å². The number of nitrogens with zero attached hydrogens (tertiary/aromatic N) is 3. The molecule has 0 unspecified atom stereocenters. The Hall–Kier alpha value is -1.56. The summed E-state index contributed by atoms with van der Waals surface area (Å²) in [4.78, 5) is 14.6. The number of hydrogen-bond donors (Lipinski definition) is 0. The highest BCUT2D eigenvalue weighted by molar-refractivity contribution is 5.88. The zero-order valence-electron chi connectivity index (χ0n) is 12.0. The van der Waals surface area contributed by atoms with Gasteiger partial charge in [-0.1, -0.05) is 17.6 Å². The molecule has 7 nitrogen and oxygen atoms in total. The van der Waals surface area contributed by atoms with Gasteiger partial charge < -0.3 is 14.2 Å². The van der Waals surface area contributed by atoms with Gasteiger partial charge in [0.05, 0.1) is 25.4 Å². The normalized spacial score (nSPS) is 33.8. The second kappa shape index (κ2) is 5.67. The number of carbonyl (C=O) groups excluding carboxylic acids is 1. The van der Waals surface area contributed by atoms with E-state index < -0.39 is 17.8 Å². The minimum Gasteiger partial charge on any atom is -0.466 e. The van der Waals surface area contributed by atoms with Crippen LogP contribution in [0.5, 0.6) is 0 Å². The van der Waals surface area contributed by atoms with Gasteiger partial charge in [0.2, 0.25) is 0 Å². The number of carbonyl (C=O) groups is 1. The quantitative estimate of drug-likeness (QED) is 0.338. The van der Waals surface area contributed by atoms with Crippen molar-refractivity contribution in [2.24, 2.45) is 5.11 Å². The fraction of sp³-hybridized carbons (Fsp3) is 0.786. The molecule has 2 fully saturated rings. The molecule has 3 atom stereocenters. The first-order valence-electron chi connectivity index (χ1n) is 7.36. The van der Waals surface area contributed by atoms with Crippen molar-refractivity contribution < 1.29 is 19.0 Å². The van der Waals surface area contributed by atoms with E-state index in [2.05, 4.69) is 10.0 Å². The Morgan fingerprint density at radius 2 is 2.19 bits per heavy atom. The Bertz CT molecular complexity index is 506. The van der Waals surface area contributed by atoms with Crippen LogP contribution >= 0.6 is 0 Å². The molecule has 1 aliphatic heterocycles. The fourth-order valence-electron chi connectivity index (χ4n) is 3.50. The van der Waals surface area contributed by atoms with Crippen LogP contribution in [0.3, 0.4) is 0 Å². The van der Waals surface area contributed by atoms with Crippen molar-refractivity contribution in [3.8, 4) is 0 Å². The molecule has 1 heterocycles. The number of fused-ring (bicyclic) bond motifs is 1. The number of azide groups is 1. The number of esters is 1. The van der Waals surface area contributed by atoms with Crippen LogP contribution in [0.4, 0.5) is 0 Å². The summed E-state index contributed by atoms with van der Waals surface area (Å²) < 4.78 is 17.0. The summed E-state index contributed by atoms with van der Waals surface area (Å²) in [6.07, 6.45) is 6.58. The highest BCUT2D eigenvalue weighted by atomic mass is 16.8. The number of methoxy groups -OCH3 is 1. The summed E-state index contributed by atoms with van der Waals surface area (Å²) in [6.45, 7) is 0. The Morgan fingerprint density at radius 3 is 2.86 bits per heavy atom. The van der Waals surface area contributed by atoms with Crippen molar-refractivity contribution in [1.82, 2.24) is 0 Å². The molecule has 3 rings (SSSR count). The molecule has 0 aromatic rings. The smallest absolute Gasteiger partial charge is 0.333 e. The van der Waals surface area contributed by atoms with Gasteiger partial charge in [-0.25, -0.2) is 4.79 Å². The van der Waals surface area contributed by atoms with Gasteiger partial charge in [-0.05, 0) is 18.4 Å². The van der Waals surface area contributed by atoms with E-state index >= 15 is 0 Å². The summed E-state index contributed by atoms with van der Waals surface area (Å²) in [5, 5.41) is 3.76. The Labute approximate surface area is 122 Å². The van der Waals surface area contributed by atoms with Gasteiger partial charge in [-0.15, -0.1) is 0 Å². The summed E-state index contributed by atoms with van der Waals surface area (Å²) in [5.41, 5.74) is 9.23. The maximum atomic E-state index is 11.8. The predicted octanol–water partition coefficient (Wildman–Crippen LogP) is 2.61. The first-order chi connectivity index (χ1) is 10.2. The molecule has 0 bridgehead atoms. The van der Waals surface area contributed by atoms with Crippen molar-refractivity contribution in [3.05, 3.63) is 22.1 Å². The topological polar surface area (TPSA) is 93.5 Å². The molecule has 0 N–H and O–H groups in total. The van der Waals surface area contributed by atoms with Crippen LogP contribution in [0, 0.1) is 0 Å². The molecule has 1 spiro atoms. The predicted molar refractivity (Wildman–Crippen MR) is 73.2 cm³/mol. The average molecular weight is 293 g/mol. The van der Waals surface area contributed by atoms with Crippen LogP contribution in [0.25, 0.3) is 10.4 Å². The zero-order chi connectivity index (χ0) is 14.9. The van der Waals surface area contributed by atoms with Crippen LogP contribution in [-0.2, 0) is 19.0 Å². The summed E-state index contributed by atoms with van der Waals surface area (Å²) >= 11 is 0. The lowest BCUT2D eigenvalue weighted by molar-refractivity contribution is -0.194. The summed E-state index contributed by atoms with van der Waals surface area (Å²) in [5.74, 6) is -0.962. The third kappa shape index (κ3) is 2.64. The third-order valence-electron chi connectivity index (χ3n) is 4.46. The van der Waals surface area contributed by atoms with Crippen molar-refractivity contribution in [2.75, 3.05) is 7.11 Å². The molecule has 0 radical (unpaired) electrons. The monoisotopic (exact) mass is 293 g/mol. The maximum absolute atomic E-state index is 11.8. The van der Waals surface area contributed by atoms with Gasteiger partial charge >= 0.3 is 5.97 Å². The molecule has 2 aliphatic carbocycles. The van der Waals surface area contributed by atoms with E-state index in [1.165, 1.54) is 13.5 Å². The maximum Gasteiger partial charge on any atom is 0.333 e. The molecule has 0 aromatic carbocycles. The molecule has 1 saturated carbocycles. The standard InChI is InChI=1S/C14H19N3O4/c1-19-13(18)9-7-10(16-17-15)12-11(8-9)20-14(21-12)5-3-2-4-6-14/h7,10-12H,2-6,8H2,1H3/t10-,11-,12+/m1/s1. The summed E-state index contributed by atoms with van der Waals surface area (Å²) in [7, 11) is 1.34. The molecular formula is C14H19N3O4. The molecule has 7 heteroatoms. The molecule has 1 saturated heterocycles. The second-order valence-corrected chi connectivity index (χ2v) is 5.79. The van der Waals surface area contributed by atoms with Gasteiger partial charge in [-0.2, -0.15) is 0 Å². The fourth-order valence-corrected chi connectivity index (χ4v) is 3.50. The number of hydrogen-bond acceptors (Lipinski definition) is 5. The summed E-state index contributed by atoms with van der Waals surface area (Å²) in [6, 6.07) is -0.524. The Balaban J connectivity index is 1.84. The lowest BCUT2D eigenvalue weighted by Gasteiger charge is -2.32. The number of rotatable bonds is 2. The lowest BCUT2D eigenvalue weighted by Crippen LogP contribution is -2.38. The minimum absolute atomic E-state index is 0.252. The van der Waals surface area contributed by atoms with E-state index in [1.807, 2.05) is 0 Å². The van der Waals surface area contributed by atoms with Gasteiger partial charge in [0.1, 0.15) is 0 Å². The average Bonchev–Trinajstić information content (AvgIpc) is 2.85. The van der Waals surface area contributed by atoms with E-state index in [0.29, 0.717) is 12.0 Å². The molecule has 0 amide bonds. The minimum atomic E-state index is -0.559. The third-order valence-corrected chi connectivity index (χ3v) is 4.46. The van der Waals surface area contributed by atoms with Gasteiger partial charge in [-0.3, -0.25) is 0 Å². The van der Waals surface area contributed by atoms with E-state index in [-0.39, 0.29) is 12.2 Å². The lowest BCUT2D eigenvalue weighted by atomic mass is 9.91. The van der Waals surface area contributed by atoms with E-state index in [9.17, 15) is 4.79 Å². The molecule has 21 heavy (non-hydrogen) atoms. The van der Waals surface area contributed by atoms with Gasteiger partial charge in [0.15, 0.2) is 5.79 Å². The van der Waals surface area contributed by atoms with Crippen molar-refractivity contribution in [2.45, 2.75) is 62.6 Å². The largest absolute Gasteiger partial charge is 0.466 e. The Kier molecular flexibility index (Phi) is 3.89. The second-order valence-electron chi connectivity index (χ2n) is 5.79.